The number of fused-ring (bicyclic) bond motifs is 1. The van der Waals surface area contributed by atoms with Gasteiger partial charge in [0, 0.05) is 16.3 Å². The van der Waals surface area contributed by atoms with Crippen molar-refractivity contribution in [1.29, 1.82) is 0 Å². The molecule has 1 aromatic carbocycles. The quantitative estimate of drug-likeness (QED) is 0.665. The SMILES string of the molecule is COC(=O)c1cc(-c2ccsc2)nc2ccccc12. The lowest BCUT2D eigenvalue weighted by Crippen LogP contribution is -2.03. The molecule has 0 atom stereocenters. The van der Waals surface area contributed by atoms with Crippen LogP contribution < -0.4 is 0 Å². The summed E-state index contributed by atoms with van der Waals surface area (Å²) in [6, 6.07) is 11.4. The first kappa shape index (κ1) is 11.9. The van der Waals surface area contributed by atoms with Gasteiger partial charge in [-0.05, 0) is 23.6 Å². The molecule has 0 saturated heterocycles. The molecule has 2 heterocycles. The summed E-state index contributed by atoms with van der Waals surface area (Å²) >= 11 is 1.60. The molecule has 2 aromatic heterocycles. The first-order valence-electron chi connectivity index (χ1n) is 5.80. The second kappa shape index (κ2) is 4.82. The molecule has 4 heteroatoms. The highest BCUT2D eigenvalue weighted by Crippen LogP contribution is 2.26. The number of rotatable bonds is 2. The van der Waals surface area contributed by atoms with Crippen molar-refractivity contribution in [2.45, 2.75) is 0 Å². The fourth-order valence-corrected chi connectivity index (χ4v) is 2.66. The summed E-state index contributed by atoms with van der Waals surface area (Å²) in [7, 11) is 1.39. The standard InChI is InChI=1S/C15H11NO2S/c1-18-15(17)12-8-14(10-6-7-19-9-10)16-13-5-3-2-4-11(12)13/h2-9H,1H3. The van der Waals surface area contributed by atoms with Gasteiger partial charge in [0.1, 0.15) is 0 Å². The third-order valence-corrected chi connectivity index (χ3v) is 3.62. The molecular formula is C15H11NO2S. The lowest BCUT2D eigenvalue weighted by molar-refractivity contribution is 0.0603. The normalized spacial score (nSPS) is 10.6. The number of aromatic nitrogens is 1. The summed E-state index contributed by atoms with van der Waals surface area (Å²) in [4.78, 5) is 16.5. The number of methoxy groups -OCH3 is 1. The summed E-state index contributed by atoms with van der Waals surface area (Å²) < 4.78 is 4.85. The van der Waals surface area contributed by atoms with Crippen molar-refractivity contribution in [3.05, 3.63) is 52.7 Å². The second-order valence-corrected chi connectivity index (χ2v) is 4.86. The number of thiophene rings is 1. The molecule has 0 aliphatic rings. The van der Waals surface area contributed by atoms with Gasteiger partial charge in [-0.1, -0.05) is 18.2 Å². The highest BCUT2D eigenvalue weighted by molar-refractivity contribution is 7.08. The van der Waals surface area contributed by atoms with Crippen LogP contribution in [0.15, 0.2) is 47.2 Å². The maximum absolute atomic E-state index is 11.9. The Bertz CT molecular complexity index is 735. The van der Waals surface area contributed by atoms with Crippen LogP contribution in [0.4, 0.5) is 0 Å². The predicted octanol–water partition coefficient (Wildman–Crippen LogP) is 3.75. The van der Waals surface area contributed by atoms with Crippen molar-refractivity contribution < 1.29 is 9.53 Å². The summed E-state index contributed by atoms with van der Waals surface area (Å²) in [6.07, 6.45) is 0. The van der Waals surface area contributed by atoms with E-state index in [1.807, 2.05) is 41.1 Å². The van der Waals surface area contributed by atoms with Crippen LogP contribution in [0, 0.1) is 0 Å². The smallest absolute Gasteiger partial charge is 0.338 e. The van der Waals surface area contributed by atoms with Crippen LogP contribution in [0.25, 0.3) is 22.2 Å². The van der Waals surface area contributed by atoms with E-state index in [2.05, 4.69) is 4.98 Å². The van der Waals surface area contributed by atoms with E-state index in [0.29, 0.717) is 5.56 Å². The largest absolute Gasteiger partial charge is 0.465 e. The minimum atomic E-state index is -0.338. The zero-order chi connectivity index (χ0) is 13.2. The summed E-state index contributed by atoms with van der Waals surface area (Å²) in [5, 5.41) is 4.82. The molecule has 94 valence electrons. The summed E-state index contributed by atoms with van der Waals surface area (Å²) in [5.74, 6) is -0.338. The van der Waals surface area contributed by atoms with E-state index in [-0.39, 0.29) is 5.97 Å². The molecule has 0 bridgehead atoms. The van der Waals surface area contributed by atoms with Crippen LogP contribution in [-0.4, -0.2) is 18.1 Å². The molecule has 0 unspecified atom stereocenters. The molecule has 0 N–H and O–H groups in total. The molecule has 0 aliphatic carbocycles. The average molecular weight is 269 g/mol. The number of benzene rings is 1. The Labute approximate surface area is 114 Å². The zero-order valence-electron chi connectivity index (χ0n) is 10.3. The topological polar surface area (TPSA) is 39.2 Å². The van der Waals surface area contributed by atoms with E-state index in [1.54, 1.807) is 17.4 Å². The highest BCUT2D eigenvalue weighted by Gasteiger charge is 2.13. The third kappa shape index (κ3) is 2.11. The van der Waals surface area contributed by atoms with Crippen LogP contribution in [0.5, 0.6) is 0 Å². The predicted molar refractivity (Wildman–Crippen MR) is 76.4 cm³/mol. The van der Waals surface area contributed by atoms with E-state index in [0.717, 1.165) is 22.2 Å². The Morgan fingerprint density at radius 1 is 1.26 bits per heavy atom. The fraction of sp³-hybridized carbons (Fsp3) is 0.0667. The van der Waals surface area contributed by atoms with Crippen molar-refractivity contribution in [3.8, 4) is 11.3 Å². The van der Waals surface area contributed by atoms with E-state index in [4.69, 9.17) is 4.74 Å². The Morgan fingerprint density at radius 2 is 2.11 bits per heavy atom. The van der Waals surface area contributed by atoms with Gasteiger partial charge in [0.05, 0.1) is 23.9 Å². The molecule has 19 heavy (non-hydrogen) atoms. The van der Waals surface area contributed by atoms with Crippen molar-refractivity contribution >= 4 is 28.2 Å². The molecular weight excluding hydrogens is 258 g/mol. The van der Waals surface area contributed by atoms with E-state index < -0.39 is 0 Å². The average Bonchev–Trinajstić information content (AvgIpc) is 2.99. The lowest BCUT2D eigenvalue weighted by atomic mass is 10.1. The highest BCUT2D eigenvalue weighted by atomic mass is 32.1. The number of hydrogen-bond donors (Lipinski definition) is 0. The van der Waals surface area contributed by atoms with Gasteiger partial charge in [-0.3, -0.25) is 0 Å². The van der Waals surface area contributed by atoms with Crippen LogP contribution in [0.1, 0.15) is 10.4 Å². The maximum Gasteiger partial charge on any atom is 0.338 e. The monoisotopic (exact) mass is 269 g/mol. The van der Waals surface area contributed by atoms with Gasteiger partial charge in [-0.25, -0.2) is 9.78 Å². The Hall–Kier alpha value is -2.20. The first-order chi connectivity index (χ1) is 9.29. The summed E-state index contributed by atoms with van der Waals surface area (Å²) in [6.45, 7) is 0. The fourth-order valence-electron chi connectivity index (χ4n) is 2.01. The molecule has 0 spiro atoms. The molecule has 0 saturated carbocycles. The van der Waals surface area contributed by atoms with E-state index in [1.165, 1.54) is 7.11 Å². The van der Waals surface area contributed by atoms with E-state index in [9.17, 15) is 4.79 Å². The van der Waals surface area contributed by atoms with Crippen molar-refractivity contribution in [1.82, 2.24) is 4.98 Å². The van der Waals surface area contributed by atoms with Gasteiger partial charge in [0.25, 0.3) is 0 Å². The third-order valence-electron chi connectivity index (χ3n) is 2.94. The van der Waals surface area contributed by atoms with Crippen molar-refractivity contribution in [3.63, 3.8) is 0 Å². The van der Waals surface area contributed by atoms with Gasteiger partial charge in [0.2, 0.25) is 0 Å². The number of hydrogen-bond acceptors (Lipinski definition) is 4. The molecule has 3 aromatic rings. The number of nitrogens with zero attached hydrogens (tertiary/aromatic N) is 1. The molecule has 3 nitrogen and oxygen atoms in total. The minimum Gasteiger partial charge on any atom is -0.465 e. The van der Waals surface area contributed by atoms with Crippen molar-refractivity contribution in [2.24, 2.45) is 0 Å². The van der Waals surface area contributed by atoms with Gasteiger partial charge in [-0.15, -0.1) is 0 Å². The lowest BCUT2D eigenvalue weighted by Gasteiger charge is -2.07. The van der Waals surface area contributed by atoms with Crippen LogP contribution in [0.2, 0.25) is 0 Å². The second-order valence-electron chi connectivity index (χ2n) is 4.08. The van der Waals surface area contributed by atoms with Crippen LogP contribution >= 0.6 is 11.3 Å². The number of carbonyl (C=O) groups excluding carboxylic acids is 1. The van der Waals surface area contributed by atoms with Gasteiger partial charge in [0.15, 0.2) is 0 Å². The summed E-state index contributed by atoms with van der Waals surface area (Å²) in [5.41, 5.74) is 3.15. The Kier molecular flexibility index (Phi) is 3.01. The van der Waals surface area contributed by atoms with Gasteiger partial charge >= 0.3 is 5.97 Å². The number of ether oxygens (including phenoxy) is 1. The van der Waals surface area contributed by atoms with Crippen molar-refractivity contribution in [2.75, 3.05) is 7.11 Å². The molecule has 0 radical (unpaired) electrons. The maximum atomic E-state index is 11.9. The Morgan fingerprint density at radius 3 is 2.84 bits per heavy atom. The molecule has 0 fully saturated rings. The number of pyridine rings is 1. The van der Waals surface area contributed by atoms with Gasteiger partial charge < -0.3 is 4.74 Å². The van der Waals surface area contributed by atoms with E-state index >= 15 is 0 Å². The van der Waals surface area contributed by atoms with Crippen LogP contribution in [-0.2, 0) is 4.74 Å². The first-order valence-corrected chi connectivity index (χ1v) is 6.74. The molecule has 3 rings (SSSR count). The van der Waals surface area contributed by atoms with Crippen LogP contribution in [0.3, 0.4) is 0 Å². The molecule has 0 amide bonds. The number of para-hydroxylation sites is 1. The zero-order valence-corrected chi connectivity index (χ0v) is 11.1. The minimum absolute atomic E-state index is 0.338. The molecule has 0 aliphatic heterocycles. The number of carbonyl (C=O) groups is 1. The Balaban J connectivity index is 2.29. The number of esters is 1. The van der Waals surface area contributed by atoms with Gasteiger partial charge in [-0.2, -0.15) is 11.3 Å².